The van der Waals surface area contributed by atoms with Crippen LogP contribution < -0.4 is 0 Å². The second-order valence-corrected chi connectivity index (χ2v) is 4.79. The van der Waals surface area contributed by atoms with E-state index < -0.39 is 5.97 Å². The van der Waals surface area contributed by atoms with Crippen molar-refractivity contribution in [2.45, 2.75) is 0 Å². The lowest BCUT2D eigenvalue weighted by Crippen LogP contribution is -2.10. The highest BCUT2D eigenvalue weighted by Gasteiger charge is 2.23. The Morgan fingerprint density at radius 2 is 1.59 bits per heavy atom. The van der Waals surface area contributed by atoms with Crippen LogP contribution in [-0.2, 0) is 4.74 Å². The quantitative estimate of drug-likeness (QED) is 0.750. The molecule has 0 aliphatic rings. The Hall–Kier alpha value is -3.01. The molecular formula is C18H15NO3. The summed E-state index contributed by atoms with van der Waals surface area (Å²) in [6, 6.07) is 20.6. The maximum Gasteiger partial charge on any atom is 0.358 e. The van der Waals surface area contributed by atoms with Crippen LogP contribution in [0.15, 0.2) is 66.7 Å². The molecule has 0 spiro atoms. The van der Waals surface area contributed by atoms with Crippen molar-refractivity contribution in [3.63, 3.8) is 0 Å². The number of methoxy groups -OCH3 is 1. The minimum atomic E-state index is -0.580. The number of nitrogens with zero attached hydrogens (tertiary/aromatic N) is 1. The average Bonchev–Trinajstić information content (AvgIpc) is 2.93. The predicted octanol–water partition coefficient (Wildman–Crippen LogP) is 3.64. The van der Waals surface area contributed by atoms with Gasteiger partial charge in [0.15, 0.2) is 5.69 Å². The summed E-state index contributed by atoms with van der Waals surface area (Å²) >= 11 is 0. The molecule has 1 heterocycles. The van der Waals surface area contributed by atoms with Gasteiger partial charge in [0.1, 0.15) is 5.75 Å². The minimum absolute atomic E-state index is 0.102. The maximum atomic E-state index is 12.1. The number of rotatable bonds is 3. The molecule has 0 radical (unpaired) electrons. The third kappa shape index (κ3) is 2.35. The summed E-state index contributed by atoms with van der Waals surface area (Å²) in [5.74, 6) is -0.682. The molecule has 0 aliphatic heterocycles. The fraction of sp³-hybridized carbons (Fsp3) is 0.0556. The van der Waals surface area contributed by atoms with Crippen molar-refractivity contribution in [1.82, 2.24) is 4.57 Å². The van der Waals surface area contributed by atoms with Crippen LogP contribution in [0, 0.1) is 0 Å². The van der Waals surface area contributed by atoms with Crippen LogP contribution in [0.5, 0.6) is 5.75 Å². The van der Waals surface area contributed by atoms with Crippen molar-refractivity contribution in [3.8, 4) is 22.7 Å². The topological polar surface area (TPSA) is 51.5 Å². The van der Waals surface area contributed by atoms with Crippen LogP contribution in [0.4, 0.5) is 0 Å². The van der Waals surface area contributed by atoms with E-state index in [1.165, 1.54) is 7.11 Å². The Labute approximate surface area is 128 Å². The van der Waals surface area contributed by atoms with Crippen molar-refractivity contribution in [3.05, 3.63) is 72.4 Å². The lowest BCUT2D eigenvalue weighted by atomic mass is 10.1. The number of carbonyl (C=O) groups excluding carboxylic acids is 1. The van der Waals surface area contributed by atoms with E-state index in [2.05, 4.69) is 0 Å². The summed E-state index contributed by atoms with van der Waals surface area (Å²) in [6.45, 7) is 0. The van der Waals surface area contributed by atoms with Gasteiger partial charge in [-0.2, -0.15) is 0 Å². The predicted molar refractivity (Wildman–Crippen MR) is 84.2 cm³/mol. The van der Waals surface area contributed by atoms with Gasteiger partial charge in [-0.3, -0.25) is 0 Å². The van der Waals surface area contributed by atoms with Crippen LogP contribution in [0.3, 0.4) is 0 Å². The highest BCUT2D eigenvalue weighted by atomic mass is 16.5. The average molecular weight is 293 g/mol. The SMILES string of the molecule is COC(=O)c1c(O)cc(-c2ccccc2)n1-c1ccccc1. The molecule has 4 nitrogen and oxygen atoms in total. The van der Waals surface area contributed by atoms with Gasteiger partial charge in [0.2, 0.25) is 0 Å². The zero-order valence-corrected chi connectivity index (χ0v) is 12.1. The molecular weight excluding hydrogens is 278 g/mol. The molecule has 0 saturated carbocycles. The number of hydrogen-bond acceptors (Lipinski definition) is 3. The molecule has 0 unspecified atom stereocenters. The van der Waals surface area contributed by atoms with E-state index in [1.54, 1.807) is 10.6 Å². The zero-order valence-electron chi connectivity index (χ0n) is 12.1. The van der Waals surface area contributed by atoms with Gasteiger partial charge >= 0.3 is 5.97 Å². The Morgan fingerprint density at radius 1 is 1.00 bits per heavy atom. The molecule has 0 aliphatic carbocycles. The van der Waals surface area contributed by atoms with Crippen LogP contribution in [0.2, 0.25) is 0 Å². The molecule has 0 saturated heterocycles. The van der Waals surface area contributed by atoms with E-state index in [0.29, 0.717) is 0 Å². The number of hydrogen-bond donors (Lipinski definition) is 1. The normalized spacial score (nSPS) is 10.4. The zero-order chi connectivity index (χ0) is 15.5. The van der Waals surface area contributed by atoms with E-state index >= 15 is 0 Å². The maximum absolute atomic E-state index is 12.1. The second-order valence-electron chi connectivity index (χ2n) is 4.79. The molecule has 0 fully saturated rings. The molecule has 0 atom stereocenters. The number of aromatic hydroxyl groups is 1. The monoisotopic (exact) mass is 293 g/mol. The van der Waals surface area contributed by atoms with Crippen LogP contribution in [0.25, 0.3) is 16.9 Å². The lowest BCUT2D eigenvalue weighted by molar-refractivity contribution is 0.0588. The highest BCUT2D eigenvalue weighted by Crippen LogP contribution is 2.33. The molecule has 3 rings (SSSR count). The van der Waals surface area contributed by atoms with Gasteiger partial charge in [0.25, 0.3) is 0 Å². The largest absolute Gasteiger partial charge is 0.505 e. The Kier molecular flexibility index (Phi) is 3.66. The Morgan fingerprint density at radius 3 is 2.18 bits per heavy atom. The van der Waals surface area contributed by atoms with Gasteiger partial charge in [-0.15, -0.1) is 0 Å². The molecule has 4 heteroatoms. The third-order valence-electron chi connectivity index (χ3n) is 3.44. The van der Waals surface area contributed by atoms with Crippen molar-refractivity contribution >= 4 is 5.97 Å². The van der Waals surface area contributed by atoms with Gasteiger partial charge in [-0.25, -0.2) is 4.79 Å². The molecule has 1 N–H and O–H groups in total. The van der Waals surface area contributed by atoms with Gasteiger partial charge in [-0.05, 0) is 17.7 Å². The summed E-state index contributed by atoms with van der Waals surface area (Å²) in [7, 11) is 1.30. The fourth-order valence-corrected chi connectivity index (χ4v) is 2.46. The Balaban J connectivity index is 2.30. The number of benzene rings is 2. The molecule has 3 aromatic rings. The van der Waals surface area contributed by atoms with E-state index in [0.717, 1.165) is 16.9 Å². The first kappa shape index (κ1) is 13.9. The van der Waals surface area contributed by atoms with Gasteiger partial charge in [-0.1, -0.05) is 48.5 Å². The standard InChI is InChI=1S/C18H15NO3/c1-22-18(21)17-16(20)12-15(13-8-4-2-5-9-13)19(17)14-10-6-3-7-11-14/h2-12,20H,1H3. The molecule has 22 heavy (non-hydrogen) atoms. The van der Waals surface area contributed by atoms with E-state index in [1.807, 2.05) is 60.7 Å². The first-order valence-corrected chi connectivity index (χ1v) is 6.86. The number of para-hydroxylation sites is 1. The number of aromatic nitrogens is 1. The molecule has 0 amide bonds. The van der Waals surface area contributed by atoms with E-state index in [9.17, 15) is 9.90 Å². The second kappa shape index (κ2) is 5.77. The number of esters is 1. The summed E-state index contributed by atoms with van der Waals surface area (Å²) in [4.78, 5) is 12.1. The summed E-state index contributed by atoms with van der Waals surface area (Å²) < 4.78 is 6.51. The van der Waals surface area contributed by atoms with E-state index in [-0.39, 0.29) is 11.4 Å². The minimum Gasteiger partial charge on any atom is -0.505 e. The molecule has 2 aromatic carbocycles. The van der Waals surface area contributed by atoms with Crippen molar-refractivity contribution in [1.29, 1.82) is 0 Å². The summed E-state index contributed by atoms with van der Waals surface area (Å²) in [5, 5.41) is 10.2. The van der Waals surface area contributed by atoms with Gasteiger partial charge in [0.05, 0.1) is 12.8 Å². The first-order chi connectivity index (χ1) is 10.7. The van der Waals surface area contributed by atoms with Crippen molar-refractivity contribution in [2.24, 2.45) is 0 Å². The Bertz CT molecular complexity index is 792. The van der Waals surface area contributed by atoms with Crippen LogP contribution in [0.1, 0.15) is 10.5 Å². The van der Waals surface area contributed by atoms with E-state index in [4.69, 9.17) is 4.74 Å². The highest BCUT2D eigenvalue weighted by molar-refractivity contribution is 5.93. The van der Waals surface area contributed by atoms with Gasteiger partial charge in [0, 0.05) is 11.8 Å². The van der Waals surface area contributed by atoms with Gasteiger partial charge < -0.3 is 14.4 Å². The van der Waals surface area contributed by atoms with Crippen LogP contribution in [-0.4, -0.2) is 22.8 Å². The molecule has 0 bridgehead atoms. The number of carbonyl (C=O) groups is 1. The summed E-state index contributed by atoms with van der Waals surface area (Å²) in [6.07, 6.45) is 0. The number of ether oxygens (including phenoxy) is 1. The summed E-state index contributed by atoms with van der Waals surface area (Å²) in [5.41, 5.74) is 2.52. The van der Waals surface area contributed by atoms with Crippen molar-refractivity contribution < 1.29 is 14.6 Å². The third-order valence-corrected chi connectivity index (χ3v) is 3.44. The molecule has 110 valence electrons. The van der Waals surface area contributed by atoms with Crippen molar-refractivity contribution in [2.75, 3.05) is 7.11 Å². The smallest absolute Gasteiger partial charge is 0.358 e. The fourth-order valence-electron chi connectivity index (χ4n) is 2.46. The lowest BCUT2D eigenvalue weighted by Gasteiger charge is -2.12. The first-order valence-electron chi connectivity index (χ1n) is 6.86. The molecule has 1 aromatic heterocycles. The van der Waals surface area contributed by atoms with Crippen LogP contribution >= 0.6 is 0 Å².